The first-order valence-corrected chi connectivity index (χ1v) is 14.7. The molecule has 0 saturated carbocycles. The third-order valence-corrected chi connectivity index (χ3v) is 8.02. The van der Waals surface area contributed by atoms with Crippen molar-refractivity contribution in [1.82, 2.24) is 4.90 Å². The van der Waals surface area contributed by atoms with Crippen LogP contribution in [0.15, 0.2) is 59.7 Å². The molecule has 5 rings (SSSR count). The minimum absolute atomic E-state index is 0.0269. The smallest absolute Gasteiger partial charge is 0.337 e. The first-order valence-electron chi connectivity index (χ1n) is 14.0. The monoisotopic (exact) mass is 638 g/mol. The number of hydrogen-bond acceptors (Lipinski definition) is 8. The molecule has 2 aliphatic heterocycles. The molecule has 0 atom stereocenters. The Labute approximate surface area is 265 Å². The molecule has 0 aliphatic carbocycles. The fourth-order valence-electron chi connectivity index (χ4n) is 5.20. The second-order valence-corrected chi connectivity index (χ2v) is 11.0. The van der Waals surface area contributed by atoms with E-state index in [1.54, 1.807) is 37.6 Å². The molecule has 1 fully saturated rings. The van der Waals surface area contributed by atoms with E-state index < -0.39 is 5.97 Å². The summed E-state index contributed by atoms with van der Waals surface area (Å²) in [6.07, 6.45) is 3.00. The van der Waals surface area contributed by atoms with Gasteiger partial charge in [-0.1, -0.05) is 47.5 Å². The Bertz CT molecular complexity index is 1600. The van der Waals surface area contributed by atoms with Gasteiger partial charge in [-0.2, -0.15) is 0 Å². The van der Waals surface area contributed by atoms with E-state index >= 15 is 0 Å². The Hall–Kier alpha value is -4.09. The number of allylic oxidation sites excluding steroid dienone is 1. The molecule has 44 heavy (non-hydrogen) atoms. The van der Waals surface area contributed by atoms with E-state index in [-0.39, 0.29) is 40.4 Å². The molecular weight excluding hydrogens is 607 g/mol. The topological polar surface area (TPSA) is 127 Å². The van der Waals surface area contributed by atoms with Crippen molar-refractivity contribution in [1.29, 1.82) is 0 Å². The number of ether oxygens (including phenoxy) is 3. The number of carboxylic acids is 1. The van der Waals surface area contributed by atoms with E-state index in [1.807, 2.05) is 29.2 Å². The van der Waals surface area contributed by atoms with Gasteiger partial charge < -0.3 is 34.9 Å². The number of aromatic carboxylic acids is 1. The van der Waals surface area contributed by atoms with Gasteiger partial charge in [0, 0.05) is 49.3 Å². The Morgan fingerprint density at radius 2 is 1.86 bits per heavy atom. The summed E-state index contributed by atoms with van der Waals surface area (Å²) in [5.74, 6) is -0.741. The minimum atomic E-state index is -0.991. The molecule has 1 amide bonds. The third kappa shape index (κ3) is 6.68. The summed E-state index contributed by atoms with van der Waals surface area (Å²) in [6.45, 7) is 3.43. The van der Waals surface area contributed by atoms with Crippen LogP contribution in [0.2, 0.25) is 10.0 Å². The van der Waals surface area contributed by atoms with Gasteiger partial charge in [0.05, 0.1) is 59.8 Å². The summed E-state index contributed by atoms with van der Waals surface area (Å²) in [5.41, 5.74) is 10.4. The normalized spacial score (nSPS) is 15.3. The first kappa shape index (κ1) is 31.3. The molecule has 0 aromatic heterocycles. The lowest BCUT2D eigenvalue weighted by Gasteiger charge is -2.32. The molecule has 2 aliphatic rings. The van der Waals surface area contributed by atoms with Gasteiger partial charge in [-0.15, -0.1) is 0 Å². The number of carboxylic acid groups (broad SMARTS) is 1. The number of aliphatic imine (C=N–C) groups is 1. The maximum atomic E-state index is 13.6. The maximum Gasteiger partial charge on any atom is 0.337 e. The molecule has 0 bridgehead atoms. The molecule has 0 spiro atoms. The van der Waals surface area contributed by atoms with Gasteiger partial charge in [0.25, 0.3) is 5.91 Å². The Balaban J connectivity index is 1.39. The summed E-state index contributed by atoms with van der Waals surface area (Å²) < 4.78 is 16.6. The summed E-state index contributed by atoms with van der Waals surface area (Å²) >= 11 is 13.2. The standard InChI is InChI=1S/C32H32Cl2N4O6/c1-42-10-7-36-17-23(16-35)22-13-26(33)29(27(34)14-22)31(39)38-18-21-3-2-4-24(30(21)44-19-38)20-5-6-25(32(40)41)28(15-20)37-8-11-43-12-9-37/h2-6,13-17H,7-12,18-19,35H2,1H3,(H,40,41). The van der Waals surface area contributed by atoms with Gasteiger partial charge in [0.15, 0.2) is 6.73 Å². The number of nitrogens with zero attached hydrogens (tertiary/aromatic N) is 3. The van der Waals surface area contributed by atoms with Gasteiger partial charge in [0.2, 0.25) is 0 Å². The average Bonchev–Trinajstić information content (AvgIpc) is 3.04. The molecule has 12 heteroatoms. The molecule has 1 saturated heterocycles. The molecule has 3 aromatic rings. The number of carbonyl (C=O) groups excluding carboxylic acids is 1. The predicted molar refractivity (Wildman–Crippen MR) is 171 cm³/mol. The van der Waals surface area contributed by atoms with Crippen molar-refractivity contribution in [3.05, 3.63) is 87.0 Å². The quantitative estimate of drug-likeness (QED) is 0.242. The summed E-state index contributed by atoms with van der Waals surface area (Å²) in [6, 6.07) is 14.2. The summed E-state index contributed by atoms with van der Waals surface area (Å²) in [5, 5.41) is 10.2. The van der Waals surface area contributed by atoms with E-state index in [0.29, 0.717) is 62.0 Å². The predicted octanol–water partition coefficient (Wildman–Crippen LogP) is 5.20. The van der Waals surface area contributed by atoms with Crippen LogP contribution >= 0.6 is 23.2 Å². The highest BCUT2D eigenvalue weighted by Gasteiger charge is 2.29. The van der Waals surface area contributed by atoms with E-state index in [2.05, 4.69) is 4.99 Å². The van der Waals surface area contributed by atoms with Crippen LogP contribution in [0.5, 0.6) is 5.75 Å². The van der Waals surface area contributed by atoms with Gasteiger partial charge in [-0.25, -0.2) is 4.79 Å². The Kier molecular flexibility index (Phi) is 10.1. The highest BCUT2D eigenvalue weighted by Crippen LogP contribution is 2.39. The van der Waals surface area contributed by atoms with Crippen molar-refractivity contribution >= 4 is 52.6 Å². The van der Waals surface area contributed by atoms with Crippen LogP contribution in [0.3, 0.4) is 0 Å². The number of methoxy groups -OCH3 is 1. The SMILES string of the molecule is COCCN=CC(=CN)c1cc(Cl)c(C(=O)N2COc3c(cccc3-c3ccc(C(=O)O)c(N4CCOCC4)c3)C2)c(Cl)c1. The van der Waals surface area contributed by atoms with Gasteiger partial charge in [-0.05, 0) is 35.4 Å². The second-order valence-electron chi connectivity index (χ2n) is 10.2. The number of rotatable bonds is 9. The highest BCUT2D eigenvalue weighted by molar-refractivity contribution is 6.40. The maximum absolute atomic E-state index is 13.6. The fourth-order valence-corrected chi connectivity index (χ4v) is 5.85. The van der Waals surface area contributed by atoms with Crippen LogP contribution in [0.4, 0.5) is 5.69 Å². The Morgan fingerprint density at radius 1 is 1.11 bits per heavy atom. The number of amides is 1. The average molecular weight is 640 g/mol. The number of para-hydroxylation sites is 1. The number of anilines is 1. The van der Waals surface area contributed by atoms with Crippen LogP contribution < -0.4 is 15.4 Å². The molecule has 3 N–H and O–H groups in total. The van der Waals surface area contributed by atoms with Crippen molar-refractivity contribution in [3.8, 4) is 16.9 Å². The number of morpholine rings is 1. The molecule has 10 nitrogen and oxygen atoms in total. The zero-order valence-corrected chi connectivity index (χ0v) is 25.6. The van der Waals surface area contributed by atoms with Crippen LogP contribution in [0.25, 0.3) is 16.7 Å². The third-order valence-electron chi connectivity index (χ3n) is 7.42. The lowest BCUT2D eigenvalue weighted by molar-refractivity contribution is 0.0516. The van der Waals surface area contributed by atoms with Crippen LogP contribution in [0, 0.1) is 0 Å². The van der Waals surface area contributed by atoms with E-state index in [4.69, 9.17) is 43.1 Å². The van der Waals surface area contributed by atoms with Gasteiger partial charge >= 0.3 is 5.97 Å². The first-order chi connectivity index (χ1) is 21.3. The van der Waals surface area contributed by atoms with Crippen molar-refractivity contribution in [2.24, 2.45) is 10.7 Å². The second kappa shape index (κ2) is 14.1. The zero-order valence-electron chi connectivity index (χ0n) is 24.1. The van der Waals surface area contributed by atoms with Crippen LogP contribution in [-0.4, -0.2) is 81.4 Å². The molecule has 2 heterocycles. The van der Waals surface area contributed by atoms with E-state index in [1.165, 1.54) is 11.1 Å². The summed E-state index contributed by atoms with van der Waals surface area (Å²) in [7, 11) is 1.60. The number of fused-ring (bicyclic) bond motifs is 1. The number of hydrogen-bond donors (Lipinski definition) is 2. The molecule has 0 unspecified atom stereocenters. The van der Waals surface area contributed by atoms with Crippen LogP contribution in [0.1, 0.15) is 31.8 Å². The molecule has 3 aromatic carbocycles. The zero-order chi connectivity index (χ0) is 31.2. The van der Waals surface area contributed by atoms with Gasteiger partial charge in [0.1, 0.15) is 5.75 Å². The number of benzene rings is 3. The molecular formula is C32H32Cl2N4O6. The lowest BCUT2D eigenvalue weighted by Crippen LogP contribution is -2.37. The largest absolute Gasteiger partial charge is 0.478 e. The van der Waals surface area contributed by atoms with Crippen LogP contribution in [-0.2, 0) is 16.0 Å². The van der Waals surface area contributed by atoms with Gasteiger partial charge in [-0.3, -0.25) is 9.79 Å². The van der Waals surface area contributed by atoms with Crippen molar-refractivity contribution < 1.29 is 28.9 Å². The van der Waals surface area contributed by atoms with Crippen molar-refractivity contribution in [3.63, 3.8) is 0 Å². The highest BCUT2D eigenvalue weighted by atomic mass is 35.5. The number of nitrogens with two attached hydrogens (primary N) is 1. The molecule has 230 valence electrons. The van der Waals surface area contributed by atoms with Crippen molar-refractivity contribution in [2.75, 3.05) is 58.2 Å². The lowest BCUT2D eigenvalue weighted by atomic mass is 9.97. The van der Waals surface area contributed by atoms with Crippen molar-refractivity contribution in [2.45, 2.75) is 6.54 Å². The number of halogens is 2. The minimum Gasteiger partial charge on any atom is -0.478 e. The van der Waals surface area contributed by atoms with E-state index in [9.17, 15) is 14.7 Å². The Morgan fingerprint density at radius 3 is 2.55 bits per heavy atom. The van der Waals surface area contributed by atoms with E-state index in [0.717, 1.165) is 16.7 Å². The molecule has 0 radical (unpaired) electrons. The summed E-state index contributed by atoms with van der Waals surface area (Å²) in [4.78, 5) is 33.5. The number of carbonyl (C=O) groups is 2. The fraction of sp³-hybridized carbons (Fsp3) is 0.281.